The average Bonchev–Trinajstić information content (AvgIpc) is 3.10. The van der Waals surface area contributed by atoms with E-state index in [1.165, 1.54) is 77.0 Å². The Bertz CT molecular complexity index is 513. The van der Waals surface area contributed by atoms with Gasteiger partial charge in [0.25, 0.3) is 5.78 Å². The highest BCUT2D eigenvalue weighted by Crippen LogP contribution is 2.19. The van der Waals surface area contributed by atoms with Crippen molar-refractivity contribution in [2.45, 2.75) is 121 Å². The first-order chi connectivity index (χ1) is 16.0. The van der Waals surface area contributed by atoms with Gasteiger partial charge in [0.1, 0.15) is 12.2 Å². The van der Waals surface area contributed by atoms with Crippen molar-refractivity contribution in [1.29, 1.82) is 0 Å². The number of aliphatic hydroxyl groups is 3. The maximum Gasteiger partial charge on any atom is 0.378 e. The van der Waals surface area contributed by atoms with E-state index >= 15 is 0 Å². The van der Waals surface area contributed by atoms with Gasteiger partial charge in [-0.25, -0.2) is 4.79 Å². The molecule has 0 radical (unpaired) electrons. The minimum atomic E-state index is -1.42. The lowest BCUT2D eigenvalue weighted by atomic mass is 10.0. The van der Waals surface area contributed by atoms with E-state index in [4.69, 9.17) is 19.3 Å². The zero-order chi connectivity index (χ0) is 24.3. The molecule has 2 unspecified atom stereocenters. The Morgan fingerprint density at radius 3 is 1.85 bits per heavy atom. The second-order valence-electron chi connectivity index (χ2n) is 9.06. The molecule has 1 rings (SSSR count). The number of carbonyl (C=O) groups excluding carboxylic acids is 2. The monoisotopic (exact) mass is 474 g/mol. The van der Waals surface area contributed by atoms with Crippen molar-refractivity contribution in [2.24, 2.45) is 0 Å². The van der Waals surface area contributed by atoms with Gasteiger partial charge in [0.15, 0.2) is 12.2 Å². The Kier molecular flexibility index (Phi) is 17.5. The molecule has 1 fully saturated rings. The highest BCUT2D eigenvalue weighted by Gasteiger charge is 2.48. The number of ether oxygens (including phenoxy) is 3. The second kappa shape index (κ2) is 19.3. The van der Waals surface area contributed by atoms with Crippen LogP contribution in [0, 0.1) is 0 Å². The molecular weight excluding hydrogens is 428 g/mol. The standard InChI is InChI=1S/C25H46O8/c1-2-3-4-5-6-7-8-9-10-11-12-13-14-15-16-31-18-20(27)19-32-24-22(29)25(30)33-23(24)21(28)17-26/h20-21,23-24,26-28H,2-19H2,1H3/t20?,21-,23+,24?/m0/s1. The molecule has 0 aromatic rings. The van der Waals surface area contributed by atoms with Crippen molar-refractivity contribution in [2.75, 3.05) is 26.4 Å². The maximum absolute atomic E-state index is 11.8. The minimum Gasteiger partial charge on any atom is -0.450 e. The molecule has 8 heteroatoms. The Morgan fingerprint density at radius 2 is 1.33 bits per heavy atom. The molecule has 0 spiro atoms. The smallest absolute Gasteiger partial charge is 0.378 e. The first-order valence-electron chi connectivity index (χ1n) is 12.9. The summed E-state index contributed by atoms with van der Waals surface area (Å²) in [5.74, 6) is -2.04. The number of rotatable bonds is 22. The van der Waals surface area contributed by atoms with Gasteiger partial charge in [-0.05, 0) is 6.42 Å². The maximum atomic E-state index is 11.8. The Balaban J connectivity index is 1.92. The molecule has 4 atom stereocenters. The predicted molar refractivity (Wildman–Crippen MR) is 125 cm³/mol. The largest absolute Gasteiger partial charge is 0.450 e. The van der Waals surface area contributed by atoms with Gasteiger partial charge in [0.2, 0.25) is 0 Å². The Hall–Kier alpha value is -1.06. The number of cyclic esters (lactones) is 1. The molecular formula is C25H46O8. The van der Waals surface area contributed by atoms with Crippen LogP contribution in [0.5, 0.6) is 0 Å². The predicted octanol–water partition coefficient (Wildman–Crippen LogP) is 3.08. The van der Waals surface area contributed by atoms with Gasteiger partial charge in [-0.15, -0.1) is 0 Å². The molecule has 0 aromatic carbocycles. The number of Topliss-reactive ketones (excluding diaryl/α,β-unsaturated/α-hetero) is 1. The molecule has 1 saturated heterocycles. The fraction of sp³-hybridized carbons (Fsp3) is 0.920. The molecule has 1 aliphatic rings. The van der Waals surface area contributed by atoms with Gasteiger partial charge in [-0.1, -0.05) is 90.4 Å². The first kappa shape index (κ1) is 30.0. The van der Waals surface area contributed by atoms with E-state index in [0.717, 1.165) is 12.8 Å². The number of aliphatic hydroxyl groups excluding tert-OH is 3. The molecule has 3 N–H and O–H groups in total. The average molecular weight is 475 g/mol. The van der Waals surface area contributed by atoms with Gasteiger partial charge < -0.3 is 29.5 Å². The minimum absolute atomic E-state index is 0.0569. The van der Waals surface area contributed by atoms with Crippen molar-refractivity contribution < 1.29 is 39.1 Å². The quantitative estimate of drug-likeness (QED) is 0.124. The van der Waals surface area contributed by atoms with Crippen LogP contribution in [-0.2, 0) is 23.8 Å². The van der Waals surface area contributed by atoms with Crippen LogP contribution >= 0.6 is 0 Å². The van der Waals surface area contributed by atoms with Crippen molar-refractivity contribution in [1.82, 2.24) is 0 Å². The van der Waals surface area contributed by atoms with Crippen LogP contribution in [0.4, 0.5) is 0 Å². The molecule has 194 valence electrons. The van der Waals surface area contributed by atoms with Crippen molar-refractivity contribution >= 4 is 11.8 Å². The molecule has 8 nitrogen and oxygen atoms in total. The van der Waals surface area contributed by atoms with Gasteiger partial charge in [-0.2, -0.15) is 0 Å². The van der Waals surface area contributed by atoms with Crippen molar-refractivity contribution in [3.05, 3.63) is 0 Å². The second-order valence-corrected chi connectivity index (χ2v) is 9.06. The molecule has 33 heavy (non-hydrogen) atoms. The van der Waals surface area contributed by atoms with Crippen molar-refractivity contribution in [3.8, 4) is 0 Å². The lowest BCUT2D eigenvalue weighted by Gasteiger charge is -2.21. The molecule has 0 amide bonds. The van der Waals surface area contributed by atoms with E-state index in [9.17, 15) is 19.8 Å². The summed E-state index contributed by atoms with van der Waals surface area (Å²) in [6.45, 7) is 1.95. The van der Waals surface area contributed by atoms with Gasteiger partial charge >= 0.3 is 5.97 Å². The summed E-state index contributed by atoms with van der Waals surface area (Å²) in [4.78, 5) is 23.1. The van der Waals surface area contributed by atoms with Crippen LogP contribution in [0.2, 0.25) is 0 Å². The summed E-state index contributed by atoms with van der Waals surface area (Å²) in [5.41, 5.74) is 0. The van der Waals surface area contributed by atoms with Crippen LogP contribution in [0.25, 0.3) is 0 Å². The van der Waals surface area contributed by atoms with E-state index in [1.807, 2.05) is 0 Å². The molecule has 0 bridgehead atoms. The number of esters is 1. The summed E-state index contributed by atoms with van der Waals surface area (Å²) in [5, 5.41) is 28.6. The Morgan fingerprint density at radius 1 is 0.818 bits per heavy atom. The third kappa shape index (κ3) is 13.4. The topological polar surface area (TPSA) is 123 Å². The third-order valence-corrected chi connectivity index (χ3v) is 5.99. The number of unbranched alkanes of at least 4 members (excludes halogenated alkanes) is 13. The summed E-state index contributed by atoms with van der Waals surface area (Å²) < 4.78 is 15.5. The van der Waals surface area contributed by atoms with Gasteiger partial charge in [0.05, 0.1) is 19.8 Å². The molecule has 0 saturated carbocycles. The third-order valence-electron chi connectivity index (χ3n) is 5.99. The SMILES string of the molecule is CCCCCCCCCCCCCCCCOCC(O)COC1C(=O)C(=O)O[C@@H]1[C@@H](O)CO. The summed E-state index contributed by atoms with van der Waals surface area (Å²) in [7, 11) is 0. The van der Waals surface area contributed by atoms with Crippen LogP contribution < -0.4 is 0 Å². The lowest BCUT2D eigenvalue weighted by molar-refractivity contribution is -0.152. The zero-order valence-corrected chi connectivity index (χ0v) is 20.4. The highest BCUT2D eigenvalue weighted by molar-refractivity contribution is 6.37. The number of hydrogen-bond acceptors (Lipinski definition) is 8. The summed E-state index contributed by atoms with van der Waals surface area (Å²) in [6.07, 6.45) is 13.1. The fourth-order valence-electron chi connectivity index (χ4n) is 3.94. The van der Waals surface area contributed by atoms with Crippen LogP contribution in [0.15, 0.2) is 0 Å². The molecule has 0 aliphatic carbocycles. The van der Waals surface area contributed by atoms with E-state index < -0.39 is 42.8 Å². The molecule has 1 aliphatic heterocycles. The summed E-state index contributed by atoms with van der Waals surface area (Å²) >= 11 is 0. The number of carbonyl (C=O) groups is 2. The fourth-order valence-corrected chi connectivity index (χ4v) is 3.94. The summed E-state index contributed by atoms with van der Waals surface area (Å²) in [6, 6.07) is 0. The van der Waals surface area contributed by atoms with Crippen LogP contribution in [-0.4, -0.2) is 77.9 Å². The molecule has 0 aromatic heterocycles. The lowest BCUT2D eigenvalue weighted by Crippen LogP contribution is -2.42. The first-order valence-corrected chi connectivity index (χ1v) is 12.9. The number of hydrogen-bond donors (Lipinski definition) is 3. The van der Waals surface area contributed by atoms with E-state index in [0.29, 0.717) is 6.61 Å². The van der Waals surface area contributed by atoms with Gasteiger partial charge in [-0.3, -0.25) is 4.79 Å². The number of ketones is 1. The Labute approximate surface area is 199 Å². The van der Waals surface area contributed by atoms with E-state index in [1.54, 1.807) is 0 Å². The molecule has 1 heterocycles. The van der Waals surface area contributed by atoms with Crippen LogP contribution in [0.1, 0.15) is 96.8 Å². The van der Waals surface area contributed by atoms with Crippen LogP contribution in [0.3, 0.4) is 0 Å². The van der Waals surface area contributed by atoms with Crippen molar-refractivity contribution in [3.63, 3.8) is 0 Å². The van der Waals surface area contributed by atoms with E-state index in [2.05, 4.69) is 6.92 Å². The normalized spacial score (nSPS) is 20.2. The highest BCUT2D eigenvalue weighted by atomic mass is 16.6. The van der Waals surface area contributed by atoms with Gasteiger partial charge in [0, 0.05) is 6.61 Å². The van der Waals surface area contributed by atoms with E-state index in [-0.39, 0.29) is 13.2 Å². The zero-order valence-electron chi connectivity index (χ0n) is 20.4.